The summed E-state index contributed by atoms with van der Waals surface area (Å²) in [5, 5.41) is 1.94. The number of ether oxygens (including phenoxy) is 1. The number of benzene rings is 2. The second-order valence-corrected chi connectivity index (χ2v) is 14.9. The van der Waals surface area contributed by atoms with Gasteiger partial charge in [0.15, 0.2) is 5.82 Å². The largest absolute Gasteiger partial charge is 0.461 e. The molecule has 11 nitrogen and oxygen atoms in total. The fourth-order valence-corrected chi connectivity index (χ4v) is 8.27. The van der Waals surface area contributed by atoms with Crippen molar-refractivity contribution in [2.24, 2.45) is 0 Å². The van der Waals surface area contributed by atoms with E-state index in [0.717, 1.165) is 29.7 Å². The first kappa shape index (κ1) is 33.0. The SMILES string of the molecule is CN(c1nc(OC[C@@]23CCCN2C[C@H](F)C3)nc2c(F)c(-c3cccc4cccc(Cl)c34)ncc12)[C@H]1CN(C(=O)CP(=O)(O)O)C[C@@H]1F. The van der Waals surface area contributed by atoms with Crippen molar-refractivity contribution in [3.05, 3.63) is 53.4 Å². The van der Waals surface area contributed by atoms with Crippen molar-refractivity contribution in [1.82, 2.24) is 24.8 Å². The Morgan fingerprint density at radius 1 is 1.17 bits per heavy atom. The summed E-state index contributed by atoms with van der Waals surface area (Å²) in [6, 6.07) is 9.47. The standard InChI is InChI=1S/C32H33ClF3N6O5P/c1-40(24-15-41(14-23(24)35)25(43)16-48(44,45)46)30-21-12-37-28(20-7-2-5-18-6-3-8-22(33)26(18)20)27(36)29(21)38-31(39-30)47-17-32-9-4-10-42(32)13-19(34)11-32/h2-3,5-8,12,19,23-24H,4,9-11,13-17H2,1H3,(H2,44,45,46)/t19-,23+,24+,32+/m1/s1. The van der Waals surface area contributed by atoms with Gasteiger partial charge in [-0.3, -0.25) is 19.2 Å². The maximum absolute atomic E-state index is 16.7. The van der Waals surface area contributed by atoms with Crippen LogP contribution in [0.25, 0.3) is 32.9 Å². The van der Waals surface area contributed by atoms with E-state index in [0.29, 0.717) is 28.9 Å². The van der Waals surface area contributed by atoms with Crippen molar-refractivity contribution in [3.8, 4) is 17.3 Å². The third-order valence-corrected chi connectivity index (χ3v) is 10.7. The Hall–Kier alpha value is -3.55. The number of hydrogen-bond acceptors (Lipinski definition) is 8. The number of carbonyl (C=O) groups excluding carboxylic acids is 1. The van der Waals surface area contributed by atoms with Gasteiger partial charge in [0, 0.05) is 48.7 Å². The zero-order chi connectivity index (χ0) is 34.0. The Bertz CT molecular complexity index is 1970. The Morgan fingerprint density at radius 3 is 2.71 bits per heavy atom. The third kappa shape index (κ3) is 5.98. The molecule has 0 aliphatic carbocycles. The van der Waals surface area contributed by atoms with Gasteiger partial charge in [-0.1, -0.05) is 41.9 Å². The number of halogens is 4. The molecule has 1 amide bonds. The lowest BCUT2D eigenvalue weighted by Gasteiger charge is -2.31. The summed E-state index contributed by atoms with van der Waals surface area (Å²) in [5.74, 6) is -1.59. The lowest BCUT2D eigenvalue weighted by Crippen LogP contribution is -2.43. The number of likely N-dealkylation sites (N-methyl/N-ethyl adjacent to an activating group) is 1. The fraction of sp³-hybridized carbons (Fsp3) is 0.438. The molecule has 3 saturated heterocycles. The molecule has 5 heterocycles. The second kappa shape index (κ2) is 12.4. The Kier molecular flexibility index (Phi) is 8.52. The van der Waals surface area contributed by atoms with Crippen LogP contribution in [0.15, 0.2) is 42.6 Å². The van der Waals surface area contributed by atoms with Gasteiger partial charge in [-0.15, -0.1) is 0 Å². The molecule has 48 heavy (non-hydrogen) atoms. The molecule has 2 aromatic carbocycles. The zero-order valence-corrected chi connectivity index (χ0v) is 27.5. The summed E-state index contributed by atoms with van der Waals surface area (Å²) in [4.78, 5) is 49.1. The number of aromatic nitrogens is 3. The van der Waals surface area contributed by atoms with Crippen LogP contribution in [0, 0.1) is 5.82 Å². The normalized spacial score (nSPS) is 24.5. The molecule has 254 valence electrons. The molecule has 7 rings (SSSR count). The maximum Gasteiger partial charge on any atom is 0.334 e. The molecule has 0 bridgehead atoms. The number of anilines is 1. The van der Waals surface area contributed by atoms with E-state index in [1.54, 1.807) is 24.3 Å². The first-order valence-corrected chi connectivity index (χ1v) is 17.8. The van der Waals surface area contributed by atoms with Crippen molar-refractivity contribution in [3.63, 3.8) is 0 Å². The molecule has 3 aliphatic rings. The number of nitrogens with zero attached hydrogens (tertiary/aromatic N) is 6. The third-order valence-electron chi connectivity index (χ3n) is 9.73. The highest BCUT2D eigenvalue weighted by Crippen LogP contribution is 2.42. The van der Waals surface area contributed by atoms with E-state index in [-0.39, 0.29) is 48.1 Å². The Morgan fingerprint density at radius 2 is 1.94 bits per heavy atom. The second-order valence-electron chi connectivity index (χ2n) is 12.8. The fourth-order valence-electron chi connectivity index (χ4n) is 7.43. The molecular formula is C32H33ClF3N6O5P. The summed E-state index contributed by atoms with van der Waals surface area (Å²) >= 11 is 6.55. The minimum absolute atomic E-state index is 0.0190. The van der Waals surface area contributed by atoms with Crippen molar-refractivity contribution >= 4 is 52.6 Å². The number of carbonyl (C=O) groups is 1. The zero-order valence-electron chi connectivity index (χ0n) is 25.9. The monoisotopic (exact) mass is 704 g/mol. The predicted molar refractivity (Wildman–Crippen MR) is 174 cm³/mol. The van der Waals surface area contributed by atoms with Gasteiger partial charge < -0.3 is 24.3 Å². The molecule has 2 aromatic heterocycles. The van der Waals surface area contributed by atoms with Gasteiger partial charge in [0.1, 0.15) is 42.1 Å². The molecule has 16 heteroatoms. The quantitative estimate of drug-likeness (QED) is 0.248. The molecule has 0 saturated carbocycles. The van der Waals surface area contributed by atoms with Crippen LogP contribution in [0.1, 0.15) is 19.3 Å². The predicted octanol–water partition coefficient (Wildman–Crippen LogP) is 4.76. The first-order chi connectivity index (χ1) is 22.8. The molecule has 3 fully saturated rings. The van der Waals surface area contributed by atoms with Gasteiger partial charge in [-0.25, -0.2) is 13.2 Å². The van der Waals surface area contributed by atoms with Crippen molar-refractivity contribution in [2.45, 2.75) is 43.2 Å². The summed E-state index contributed by atoms with van der Waals surface area (Å²) in [7, 11) is -3.14. The average Bonchev–Trinajstić information content (AvgIpc) is 3.70. The highest BCUT2D eigenvalue weighted by Gasteiger charge is 2.49. The summed E-state index contributed by atoms with van der Waals surface area (Å²) in [6.07, 6.45) is -0.364. The highest BCUT2D eigenvalue weighted by molar-refractivity contribution is 7.52. The van der Waals surface area contributed by atoms with E-state index in [1.165, 1.54) is 18.1 Å². The van der Waals surface area contributed by atoms with Crippen LogP contribution < -0.4 is 9.64 Å². The summed E-state index contributed by atoms with van der Waals surface area (Å²) in [5.41, 5.74) is -0.266. The molecule has 2 N–H and O–H groups in total. The number of hydrogen-bond donors (Lipinski definition) is 2. The van der Waals surface area contributed by atoms with Gasteiger partial charge in [-0.05, 0) is 30.8 Å². The summed E-state index contributed by atoms with van der Waals surface area (Å²) < 4.78 is 64.2. The molecule has 0 unspecified atom stereocenters. The lowest BCUT2D eigenvalue weighted by atomic mass is 9.95. The number of amides is 1. The average molecular weight is 705 g/mol. The van der Waals surface area contributed by atoms with Crippen molar-refractivity contribution in [1.29, 1.82) is 0 Å². The van der Waals surface area contributed by atoms with Crippen LogP contribution in [0.4, 0.5) is 19.0 Å². The molecule has 4 aromatic rings. The number of alkyl halides is 2. The van der Waals surface area contributed by atoms with Gasteiger partial charge in [0.25, 0.3) is 0 Å². The topological polar surface area (TPSA) is 132 Å². The van der Waals surface area contributed by atoms with E-state index in [4.69, 9.17) is 16.3 Å². The van der Waals surface area contributed by atoms with Crippen LogP contribution in [0.5, 0.6) is 6.01 Å². The van der Waals surface area contributed by atoms with E-state index < -0.39 is 49.4 Å². The van der Waals surface area contributed by atoms with Crippen LogP contribution in [-0.4, -0.2) is 110 Å². The van der Waals surface area contributed by atoms with E-state index in [9.17, 15) is 23.5 Å². The number of likely N-dealkylation sites (tertiary alicyclic amines) is 1. The maximum atomic E-state index is 16.7. The van der Waals surface area contributed by atoms with Crippen LogP contribution in [-0.2, 0) is 9.36 Å². The van der Waals surface area contributed by atoms with E-state index >= 15 is 8.78 Å². The highest BCUT2D eigenvalue weighted by atomic mass is 35.5. The van der Waals surface area contributed by atoms with Gasteiger partial charge in [-0.2, -0.15) is 9.97 Å². The number of fused-ring (bicyclic) bond motifs is 3. The minimum atomic E-state index is -4.67. The summed E-state index contributed by atoms with van der Waals surface area (Å²) in [6.45, 7) is 0.535. The Labute approximate surface area is 278 Å². The van der Waals surface area contributed by atoms with Gasteiger partial charge >= 0.3 is 13.6 Å². The molecule has 0 radical (unpaired) electrons. The van der Waals surface area contributed by atoms with Gasteiger partial charge in [0.2, 0.25) is 5.91 Å². The minimum Gasteiger partial charge on any atom is -0.461 e. The molecule has 4 atom stereocenters. The lowest BCUT2D eigenvalue weighted by molar-refractivity contribution is -0.127. The molecule has 3 aliphatic heterocycles. The number of pyridine rings is 1. The molecule has 0 spiro atoms. The smallest absolute Gasteiger partial charge is 0.334 e. The van der Waals surface area contributed by atoms with Crippen LogP contribution in [0.3, 0.4) is 0 Å². The number of rotatable bonds is 8. The molecular weight excluding hydrogens is 672 g/mol. The van der Waals surface area contributed by atoms with E-state index in [2.05, 4.69) is 19.9 Å². The van der Waals surface area contributed by atoms with Crippen molar-refractivity contribution in [2.75, 3.05) is 50.9 Å². The van der Waals surface area contributed by atoms with Gasteiger partial charge in [0.05, 0.1) is 23.5 Å². The van der Waals surface area contributed by atoms with Crippen molar-refractivity contribution < 1.29 is 37.1 Å². The first-order valence-electron chi connectivity index (χ1n) is 15.6. The van der Waals surface area contributed by atoms with E-state index in [1.807, 2.05) is 12.1 Å². The van der Waals surface area contributed by atoms with Crippen LogP contribution >= 0.6 is 19.2 Å². The van der Waals surface area contributed by atoms with Crippen LogP contribution in [0.2, 0.25) is 5.02 Å². The Balaban J connectivity index is 1.30.